The molecular formula is C21H24N2O3. The van der Waals surface area contributed by atoms with Crippen LogP contribution in [0.3, 0.4) is 0 Å². The minimum absolute atomic E-state index is 0.0339. The molecule has 0 aromatic heterocycles. The number of hydrogen-bond acceptors (Lipinski definition) is 3. The number of nitrogens with zero attached hydrogens (tertiary/aromatic N) is 1. The first-order valence-corrected chi connectivity index (χ1v) is 8.82. The molecule has 1 unspecified atom stereocenters. The Labute approximate surface area is 154 Å². The van der Waals surface area contributed by atoms with Gasteiger partial charge in [-0.05, 0) is 42.7 Å². The molecule has 1 heterocycles. The number of morpholine rings is 1. The predicted octanol–water partition coefficient (Wildman–Crippen LogP) is 2.39. The van der Waals surface area contributed by atoms with Gasteiger partial charge in [-0.1, -0.05) is 36.4 Å². The van der Waals surface area contributed by atoms with E-state index in [4.69, 9.17) is 4.74 Å². The number of nitrogens with one attached hydrogen (secondary N) is 1. The van der Waals surface area contributed by atoms with Gasteiger partial charge in [-0.15, -0.1) is 0 Å². The number of amides is 2. The average molecular weight is 352 g/mol. The van der Waals surface area contributed by atoms with Crippen LogP contribution in [0, 0.1) is 13.8 Å². The number of carbonyl (C=O) groups excluding carboxylic acids is 2. The minimum Gasteiger partial charge on any atom is -0.365 e. The summed E-state index contributed by atoms with van der Waals surface area (Å²) in [6.07, 6.45) is 0.126. The van der Waals surface area contributed by atoms with E-state index in [0.29, 0.717) is 19.5 Å². The first-order chi connectivity index (χ1) is 12.5. The van der Waals surface area contributed by atoms with Crippen LogP contribution in [-0.4, -0.2) is 37.6 Å². The summed E-state index contributed by atoms with van der Waals surface area (Å²) >= 11 is 0. The Hall–Kier alpha value is -2.66. The molecule has 1 fully saturated rings. The van der Waals surface area contributed by atoms with Gasteiger partial charge in [-0.3, -0.25) is 9.59 Å². The van der Waals surface area contributed by atoms with E-state index >= 15 is 0 Å². The third kappa shape index (κ3) is 4.70. The quantitative estimate of drug-likeness (QED) is 0.899. The van der Waals surface area contributed by atoms with E-state index in [-0.39, 0.29) is 24.5 Å². The van der Waals surface area contributed by atoms with Crippen LogP contribution in [0.15, 0.2) is 48.5 Å². The van der Waals surface area contributed by atoms with E-state index in [1.54, 1.807) is 4.90 Å². The standard InChI is InChI=1S/C21H24N2O3/c1-15-8-16(2)10-18(9-15)23-13-19(26-14-21(23)25)12-22-20(24)11-17-6-4-3-5-7-17/h3-10,19H,11-14H2,1-2H3,(H,22,24). The van der Waals surface area contributed by atoms with Crippen LogP contribution in [0.25, 0.3) is 0 Å². The van der Waals surface area contributed by atoms with E-state index < -0.39 is 0 Å². The van der Waals surface area contributed by atoms with Gasteiger partial charge in [0.25, 0.3) is 5.91 Å². The van der Waals surface area contributed by atoms with Crippen molar-refractivity contribution >= 4 is 17.5 Å². The van der Waals surface area contributed by atoms with Gasteiger partial charge in [0.1, 0.15) is 6.61 Å². The molecule has 3 rings (SSSR count). The van der Waals surface area contributed by atoms with E-state index in [1.165, 1.54) is 0 Å². The molecule has 0 aliphatic carbocycles. The zero-order chi connectivity index (χ0) is 18.5. The zero-order valence-corrected chi connectivity index (χ0v) is 15.2. The molecule has 136 valence electrons. The van der Waals surface area contributed by atoms with Crippen molar-refractivity contribution in [2.75, 3.05) is 24.6 Å². The number of anilines is 1. The molecule has 1 aliphatic heterocycles. The highest BCUT2D eigenvalue weighted by atomic mass is 16.5. The second-order valence-electron chi connectivity index (χ2n) is 6.75. The Kier molecular flexibility index (Phi) is 5.68. The van der Waals surface area contributed by atoms with E-state index in [1.807, 2.05) is 56.3 Å². The Morgan fingerprint density at radius 3 is 2.54 bits per heavy atom. The van der Waals surface area contributed by atoms with Gasteiger partial charge in [0.15, 0.2) is 0 Å². The summed E-state index contributed by atoms with van der Waals surface area (Å²) in [5.41, 5.74) is 4.09. The van der Waals surface area contributed by atoms with Crippen LogP contribution < -0.4 is 10.2 Å². The highest BCUT2D eigenvalue weighted by molar-refractivity contribution is 5.95. The Bertz CT molecular complexity index is 769. The number of rotatable bonds is 5. The van der Waals surface area contributed by atoms with Crippen LogP contribution in [0.5, 0.6) is 0 Å². The molecule has 0 spiro atoms. The van der Waals surface area contributed by atoms with Gasteiger partial charge in [-0.25, -0.2) is 0 Å². The number of carbonyl (C=O) groups is 2. The van der Waals surface area contributed by atoms with Crippen molar-refractivity contribution < 1.29 is 14.3 Å². The van der Waals surface area contributed by atoms with Gasteiger partial charge in [0, 0.05) is 12.2 Å². The maximum absolute atomic E-state index is 12.3. The lowest BCUT2D eigenvalue weighted by Crippen LogP contribution is -2.50. The Balaban J connectivity index is 1.58. The first-order valence-electron chi connectivity index (χ1n) is 8.82. The topological polar surface area (TPSA) is 58.6 Å². The van der Waals surface area contributed by atoms with E-state index in [0.717, 1.165) is 22.4 Å². The van der Waals surface area contributed by atoms with Crippen molar-refractivity contribution in [2.24, 2.45) is 0 Å². The fourth-order valence-corrected chi connectivity index (χ4v) is 3.18. The van der Waals surface area contributed by atoms with E-state index in [9.17, 15) is 9.59 Å². The smallest absolute Gasteiger partial charge is 0.253 e. The third-order valence-electron chi connectivity index (χ3n) is 4.38. The lowest BCUT2D eigenvalue weighted by Gasteiger charge is -2.33. The molecule has 0 radical (unpaired) electrons. The van der Waals surface area contributed by atoms with Crippen molar-refractivity contribution in [3.63, 3.8) is 0 Å². The predicted molar refractivity (Wildman–Crippen MR) is 101 cm³/mol. The van der Waals surface area contributed by atoms with Crippen LogP contribution in [0.4, 0.5) is 5.69 Å². The fraction of sp³-hybridized carbons (Fsp3) is 0.333. The maximum atomic E-state index is 12.3. The molecule has 0 bridgehead atoms. The maximum Gasteiger partial charge on any atom is 0.253 e. The summed E-state index contributed by atoms with van der Waals surface area (Å²) in [5, 5.41) is 2.91. The summed E-state index contributed by atoms with van der Waals surface area (Å²) in [6, 6.07) is 15.7. The average Bonchev–Trinajstić information content (AvgIpc) is 2.61. The summed E-state index contributed by atoms with van der Waals surface area (Å²) in [6.45, 7) is 4.89. The molecule has 1 saturated heterocycles. The Morgan fingerprint density at radius 1 is 1.15 bits per heavy atom. The monoisotopic (exact) mass is 352 g/mol. The Morgan fingerprint density at radius 2 is 1.85 bits per heavy atom. The van der Waals surface area contributed by atoms with Crippen LogP contribution >= 0.6 is 0 Å². The van der Waals surface area contributed by atoms with E-state index in [2.05, 4.69) is 11.4 Å². The lowest BCUT2D eigenvalue weighted by atomic mass is 10.1. The lowest BCUT2D eigenvalue weighted by molar-refractivity contribution is -0.129. The highest BCUT2D eigenvalue weighted by Gasteiger charge is 2.27. The van der Waals surface area contributed by atoms with Crippen molar-refractivity contribution in [3.05, 3.63) is 65.2 Å². The zero-order valence-electron chi connectivity index (χ0n) is 15.2. The second kappa shape index (κ2) is 8.15. The van der Waals surface area contributed by atoms with Crippen molar-refractivity contribution in [1.82, 2.24) is 5.32 Å². The summed E-state index contributed by atoms with van der Waals surface area (Å²) in [7, 11) is 0. The number of benzene rings is 2. The first kappa shape index (κ1) is 18.1. The SMILES string of the molecule is Cc1cc(C)cc(N2CC(CNC(=O)Cc3ccccc3)OCC2=O)c1. The van der Waals surface area contributed by atoms with Crippen molar-refractivity contribution in [1.29, 1.82) is 0 Å². The molecular weight excluding hydrogens is 328 g/mol. The number of ether oxygens (including phenoxy) is 1. The molecule has 2 aromatic carbocycles. The van der Waals surface area contributed by atoms with Crippen molar-refractivity contribution in [2.45, 2.75) is 26.4 Å². The molecule has 26 heavy (non-hydrogen) atoms. The van der Waals surface area contributed by atoms with Crippen LogP contribution in [0.1, 0.15) is 16.7 Å². The number of hydrogen-bond donors (Lipinski definition) is 1. The normalized spacial score (nSPS) is 17.2. The summed E-state index contributed by atoms with van der Waals surface area (Å²) < 4.78 is 5.60. The molecule has 5 nitrogen and oxygen atoms in total. The van der Waals surface area contributed by atoms with Crippen molar-refractivity contribution in [3.8, 4) is 0 Å². The molecule has 0 saturated carbocycles. The van der Waals surface area contributed by atoms with Gasteiger partial charge >= 0.3 is 0 Å². The molecule has 1 aliphatic rings. The largest absolute Gasteiger partial charge is 0.365 e. The summed E-state index contributed by atoms with van der Waals surface area (Å²) in [4.78, 5) is 26.1. The fourth-order valence-electron chi connectivity index (χ4n) is 3.18. The highest BCUT2D eigenvalue weighted by Crippen LogP contribution is 2.21. The molecule has 5 heteroatoms. The third-order valence-corrected chi connectivity index (χ3v) is 4.38. The minimum atomic E-state index is -0.215. The summed E-state index contributed by atoms with van der Waals surface area (Å²) in [5.74, 6) is -0.100. The van der Waals surface area contributed by atoms with Gasteiger partial charge in [-0.2, -0.15) is 0 Å². The second-order valence-corrected chi connectivity index (χ2v) is 6.75. The molecule has 1 N–H and O–H groups in total. The molecule has 2 aromatic rings. The van der Waals surface area contributed by atoms with Crippen LogP contribution in [-0.2, 0) is 20.7 Å². The van der Waals surface area contributed by atoms with Gasteiger partial charge in [0.2, 0.25) is 5.91 Å². The van der Waals surface area contributed by atoms with Gasteiger partial charge in [0.05, 0.1) is 19.1 Å². The number of aryl methyl sites for hydroxylation is 2. The van der Waals surface area contributed by atoms with Crippen LogP contribution in [0.2, 0.25) is 0 Å². The molecule has 1 atom stereocenters. The molecule has 2 amide bonds. The van der Waals surface area contributed by atoms with Gasteiger partial charge < -0.3 is 15.0 Å².